The van der Waals surface area contributed by atoms with Crippen molar-refractivity contribution in [3.05, 3.63) is 27.3 Å². The van der Waals surface area contributed by atoms with Gasteiger partial charge >= 0.3 is 5.97 Å². The van der Waals surface area contributed by atoms with Gasteiger partial charge in [0.15, 0.2) is 0 Å². The van der Waals surface area contributed by atoms with E-state index >= 15 is 0 Å². The molecule has 0 unspecified atom stereocenters. The Kier molecular flexibility index (Phi) is 7.15. The molecule has 0 atom stereocenters. The summed E-state index contributed by atoms with van der Waals surface area (Å²) in [5.74, 6) is 0.275. The molecule has 0 radical (unpaired) electrons. The summed E-state index contributed by atoms with van der Waals surface area (Å²) in [7, 11) is 0. The molecule has 106 valence electrons. The third kappa shape index (κ3) is 6.24. The van der Waals surface area contributed by atoms with Gasteiger partial charge in [-0.3, -0.25) is 0 Å². The van der Waals surface area contributed by atoms with Crippen molar-refractivity contribution in [3.8, 4) is 5.75 Å². The van der Waals surface area contributed by atoms with Crippen LogP contribution in [0, 0.1) is 9.49 Å². The highest BCUT2D eigenvalue weighted by molar-refractivity contribution is 14.1. The van der Waals surface area contributed by atoms with E-state index in [0.717, 1.165) is 16.6 Å². The molecule has 5 heteroatoms. The molecule has 0 bridgehead atoms. The number of benzene rings is 1. The minimum Gasteiger partial charge on any atom is -0.490 e. The number of hydrogen-bond acceptors (Lipinski definition) is 3. The summed E-state index contributed by atoms with van der Waals surface area (Å²) in [5, 5.41) is 8.91. The van der Waals surface area contributed by atoms with Crippen LogP contribution in [0.1, 0.15) is 30.6 Å². The van der Waals surface area contributed by atoms with Gasteiger partial charge in [0.2, 0.25) is 0 Å². The molecule has 0 aliphatic heterocycles. The molecule has 0 heterocycles. The third-order valence-corrected chi connectivity index (χ3v) is 3.39. The molecule has 0 spiro atoms. The van der Waals surface area contributed by atoms with Gasteiger partial charge in [0.05, 0.1) is 15.7 Å². The van der Waals surface area contributed by atoms with Crippen LogP contribution in [-0.4, -0.2) is 30.9 Å². The number of carbonyl (C=O) groups is 1. The van der Waals surface area contributed by atoms with Crippen molar-refractivity contribution in [2.45, 2.75) is 20.3 Å². The first-order valence-electron chi connectivity index (χ1n) is 6.24. The molecular weight excluding hydrogens is 359 g/mol. The number of carboxylic acid groups (broad SMARTS) is 1. The van der Waals surface area contributed by atoms with Gasteiger partial charge in [0.1, 0.15) is 12.4 Å². The molecule has 4 nitrogen and oxygen atoms in total. The summed E-state index contributed by atoms with van der Waals surface area (Å²) in [4.78, 5) is 10.9. The molecular formula is C14H19IO4. The van der Waals surface area contributed by atoms with Crippen molar-refractivity contribution >= 4 is 28.6 Å². The van der Waals surface area contributed by atoms with E-state index < -0.39 is 5.97 Å². The molecule has 0 saturated carbocycles. The van der Waals surface area contributed by atoms with Gasteiger partial charge in [-0.1, -0.05) is 13.8 Å². The quantitative estimate of drug-likeness (QED) is 0.556. The van der Waals surface area contributed by atoms with Gasteiger partial charge in [-0.05, 0) is 53.1 Å². The summed E-state index contributed by atoms with van der Waals surface area (Å²) in [5.41, 5.74) is 0.233. The van der Waals surface area contributed by atoms with E-state index in [1.807, 2.05) is 0 Å². The van der Waals surface area contributed by atoms with Crippen LogP contribution in [0.2, 0.25) is 0 Å². The van der Waals surface area contributed by atoms with Crippen molar-refractivity contribution in [1.82, 2.24) is 0 Å². The number of carboxylic acids is 1. The second-order valence-corrected chi connectivity index (χ2v) is 5.76. The zero-order valence-electron chi connectivity index (χ0n) is 11.2. The van der Waals surface area contributed by atoms with Crippen molar-refractivity contribution in [3.63, 3.8) is 0 Å². The van der Waals surface area contributed by atoms with Crippen molar-refractivity contribution in [2.24, 2.45) is 5.92 Å². The van der Waals surface area contributed by atoms with Crippen LogP contribution in [-0.2, 0) is 4.74 Å². The van der Waals surface area contributed by atoms with E-state index in [4.69, 9.17) is 14.6 Å². The summed E-state index contributed by atoms with van der Waals surface area (Å²) in [6.45, 7) is 5.98. The van der Waals surface area contributed by atoms with Crippen LogP contribution in [0.4, 0.5) is 0 Å². The van der Waals surface area contributed by atoms with Gasteiger partial charge in [0.25, 0.3) is 0 Å². The number of hydrogen-bond donors (Lipinski definition) is 1. The summed E-state index contributed by atoms with van der Waals surface area (Å²) >= 11 is 2.12. The van der Waals surface area contributed by atoms with E-state index in [-0.39, 0.29) is 5.56 Å². The summed E-state index contributed by atoms with van der Waals surface area (Å²) in [6, 6.07) is 4.84. The second kappa shape index (κ2) is 8.37. The highest BCUT2D eigenvalue weighted by atomic mass is 127. The highest BCUT2D eigenvalue weighted by Crippen LogP contribution is 2.22. The van der Waals surface area contributed by atoms with Crippen LogP contribution >= 0.6 is 22.6 Å². The van der Waals surface area contributed by atoms with Gasteiger partial charge in [-0.15, -0.1) is 0 Å². The highest BCUT2D eigenvalue weighted by Gasteiger charge is 2.07. The van der Waals surface area contributed by atoms with E-state index in [1.54, 1.807) is 12.1 Å². The van der Waals surface area contributed by atoms with E-state index in [0.29, 0.717) is 24.9 Å². The molecule has 0 aromatic heterocycles. The Balaban J connectivity index is 2.36. The lowest BCUT2D eigenvalue weighted by atomic mass is 10.1. The predicted octanol–water partition coefficient (Wildman–Crippen LogP) is 3.43. The lowest BCUT2D eigenvalue weighted by Crippen LogP contribution is -2.09. The van der Waals surface area contributed by atoms with Gasteiger partial charge in [-0.2, -0.15) is 0 Å². The average Bonchev–Trinajstić information content (AvgIpc) is 2.34. The zero-order valence-corrected chi connectivity index (χ0v) is 13.3. The van der Waals surface area contributed by atoms with Crippen LogP contribution in [0.25, 0.3) is 0 Å². The SMILES string of the molecule is CC(C)CCOCCOc1cc(C(=O)O)ccc1I. The molecule has 0 fully saturated rings. The minimum atomic E-state index is -0.950. The minimum absolute atomic E-state index is 0.233. The maximum Gasteiger partial charge on any atom is 0.335 e. The van der Waals surface area contributed by atoms with Gasteiger partial charge in [-0.25, -0.2) is 4.79 Å². The predicted molar refractivity (Wildman–Crippen MR) is 81.9 cm³/mol. The molecule has 1 aromatic carbocycles. The lowest BCUT2D eigenvalue weighted by Gasteiger charge is -2.10. The largest absolute Gasteiger partial charge is 0.490 e. The number of ether oxygens (including phenoxy) is 2. The lowest BCUT2D eigenvalue weighted by molar-refractivity contribution is 0.0695. The van der Waals surface area contributed by atoms with Gasteiger partial charge in [0, 0.05) is 6.61 Å². The first-order valence-corrected chi connectivity index (χ1v) is 7.32. The van der Waals surface area contributed by atoms with Crippen LogP contribution < -0.4 is 4.74 Å². The first-order chi connectivity index (χ1) is 9.00. The molecule has 1 N–H and O–H groups in total. The van der Waals surface area contributed by atoms with Gasteiger partial charge < -0.3 is 14.6 Å². The molecule has 1 rings (SSSR count). The smallest absolute Gasteiger partial charge is 0.335 e. The van der Waals surface area contributed by atoms with Crippen LogP contribution in [0.5, 0.6) is 5.75 Å². The molecule has 1 aromatic rings. The number of halogens is 1. The molecule has 0 amide bonds. The average molecular weight is 378 g/mol. The summed E-state index contributed by atoms with van der Waals surface area (Å²) < 4.78 is 11.9. The van der Waals surface area contributed by atoms with Crippen molar-refractivity contribution in [2.75, 3.05) is 19.8 Å². The van der Waals surface area contributed by atoms with E-state index in [9.17, 15) is 4.79 Å². The van der Waals surface area contributed by atoms with Crippen molar-refractivity contribution in [1.29, 1.82) is 0 Å². The zero-order chi connectivity index (χ0) is 14.3. The number of rotatable bonds is 8. The topological polar surface area (TPSA) is 55.8 Å². The Morgan fingerprint density at radius 3 is 2.68 bits per heavy atom. The maximum absolute atomic E-state index is 10.9. The Morgan fingerprint density at radius 2 is 2.05 bits per heavy atom. The molecule has 0 saturated heterocycles. The third-order valence-electron chi connectivity index (χ3n) is 2.50. The first kappa shape index (κ1) is 16.2. The molecule has 19 heavy (non-hydrogen) atoms. The monoisotopic (exact) mass is 378 g/mol. The Hall–Kier alpha value is -0.820. The summed E-state index contributed by atoms with van der Waals surface area (Å²) in [6.07, 6.45) is 1.03. The Labute approximate surface area is 127 Å². The standard InChI is InChI=1S/C14H19IO4/c1-10(2)5-6-18-7-8-19-13-9-11(14(16)17)3-4-12(13)15/h3-4,9-10H,5-8H2,1-2H3,(H,16,17). The fourth-order valence-corrected chi connectivity index (χ4v) is 1.87. The fraction of sp³-hybridized carbons (Fsp3) is 0.500. The molecule has 0 aliphatic rings. The second-order valence-electron chi connectivity index (χ2n) is 4.59. The Morgan fingerprint density at radius 1 is 1.32 bits per heavy atom. The fourth-order valence-electron chi connectivity index (χ4n) is 1.38. The Bertz CT molecular complexity index is 418. The molecule has 0 aliphatic carbocycles. The van der Waals surface area contributed by atoms with E-state index in [2.05, 4.69) is 36.4 Å². The normalized spacial score (nSPS) is 10.7. The van der Waals surface area contributed by atoms with Crippen LogP contribution in [0.15, 0.2) is 18.2 Å². The maximum atomic E-state index is 10.9. The van der Waals surface area contributed by atoms with Crippen LogP contribution in [0.3, 0.4) is 0 Å². The van der Waals surface area contributed by atoms with E-state index in [1.165, 1.54) is 6.07 Å². The number of aromatic carboxylic acids is 1. The van der Waals surface area contributed by atoms with Crippen molar-refractivity contribution < 1.29 is 19.4 Å².